The number of unbranched alkanes of at least 4 members (excludes halogenated alkanes) is 3. The molecule has 3 saturated carbocycles. The van der Waals surface area contributed by atoms with Crippen LogP contribution in [0.5, 0.6) is 0 Å². The molecule has 152 valence electrons. The molecule has 3 aliphatic carbocycles. The lowest BCUT2D eigenvalue weighted by Gasteiger charge is -2.51. The first-order chi connectivity index (χ1) is 12.7. The summed E-state index contributed by atoms with van der Waals surface area (Å²) in [7, 11) is 0. The van der Waals surface area contributed by atoms with Crippen molar-refractivity contribution in [2.45, 2.75) is 129 Å². The molecule has 3 aliphatic rings. The van der Waals surface area contributed by atoms with Gasteiger partial charge in [-0.05, 0) is 87.9 Å². The van der Waals surface area contributed by atoms with E-state index in [0.29, 0.717) is 12.2 Å². The third-order valence-electron chi connectivity index (χ3n) is 8.21. The molecule has 0 amide bonds. The highest BCUT2D eigenvalue weighted by molar-refractivity contribution is 4.94. The quantitative estimate of drug-likeness (QED) is 0.380. The third kappa shape index (κ3) is 5.49. The van der Waals surface area contributed by atoms with Gasteiger partial charge in [0, 0.05) is 0 Å². The molecule has 3 rings (SSSR count). The minimum absolute atomic E-state index is 0.480. The molecule has 3 fully saturated rings. The van der Waals surface area contributed by atoms with E-state index in [1.165, 1.54) is 77.0 Å². The van der Waals surface area contributed by atoms with Crippen molar-refractivity contribution in [1.82, 2.24) is 0 Å². The van der Waals surface area contributed by atoms with Crippen LogP contribution in [0.3, 0.4) is 0 Å². The Hall–Kier alpha value is -0.0400. The summed E-state index contributed by atoms with van der Waals surface area (Å²) < 4.78 is 6.48. The molecule has 0 N–H and O–H groups in total. The van der Waals surface area contributed by atoms with Gasteiger partial charge in [-0.25, -0.2) is 0 Å². The van der Waals surface area contributed by atoms with Crippen molar-refractivity contribution >= 4 is 0 Å². The van der Waals surface area contributed by atoms with E-state index in [-0.39, 0.29) is 0 Å². The molecule has 0 aliphatic heterocycles. The first-order valence-corrected chi connectivity index (χ1v) is 12.4. The summed E-state index contributed by atoms with van der Waals surface area (Å²) in [5, 5.41) is 0. The van der Waals surface area contributed by atoms with Gasteiger partial charge >= 0.3 is 0 Å². The van der Waals surface area contributed by atoms with E-state index in [1.54, 1.807) is 19.3 Å². The lowest BCUT2D eigenvalue weighted by atomic mass is 9.56. The summed E-state index contributed by atoms with van der Waals surface area (Å²) in [5.74, 6) is 5.27. The molecule has 7 atom stereocenters. The Bertz CT molecular complexity index is 392. The van der Waals surface area contributed by atoms with E-state index in [1.807, 2.05) is 0 Å². The van der Waals surface area contributed by atoms with Crippen LogP contribution in [-0.2, 0) is 4.74 Å². The smallest absolute Gasteiger partial charge is 0.0581 e. The molecule has 0 aromatic rings. The molecular formula is C25H46O. The van der Waals surface area contributed by atoms with Gasteiger partial charge in [-0.15, -0.1) is 0 Å². The summed E-state index contributed by atoms with van der Waals surface area (Å²) in [6.45, 7) is 6.96. The van der Waals surface area contributed by atoms with Gasteiger partial charge in [0.25, 0.3) is 0 Å². The SMILES string of the molecule is CCCCCC(C)OC1CCC2C(CCC3CC(CCCC)CCC32)C1. The summed E-state index contributed by atoms with van der Waals surface area (Å²) >= 11 is 0. The first kappa shape index (κ1) is 20.7. The van der Waals surface area contributed by atoms with Gasteiger partial charge in [0.1, 0.15) is 0 Å². The van der Waals surface area contributed by atoms with Crippen LogP contribution in [0.15, 0.2) is 0 Å². The number of rotatable bonds is 9. The highest BCUT2D eigenvalue weighted by atomic mass is 16.5. The lowest BCUT2D eigenvalue weighted by molar-refractivity contribution is -0.0774. The Morgan fingerprint density at radius 2 is 1.46 bits per heavy atom. The summed E-state index contributed by atoms with van der Waals surface area (Å²) in [5.41, 5.74) is 0. The van der Waals surface area contributed by atoms with E-state index >= 15 is 0 Å². The second-order valence-corrected chi connectivity index (χ2v) is 10.1. The highest BCUT2D eigenvalue weighted by Crippen LogP contribution is 2.53. The Morgan fingerprint density at radius 3 is 2.19 bits per heavy atom. The third-order valence-corrected chi connectivity index (χ3v) is 8.21. The van der Waals surface area contributed by atoms with Crippen molar-refractivity contribution in [2.24, 2.45) is 29.6 Å². The fourth-order valence-electron chi connectivity index (χ4n) is 6.81. The number of hydrogen-bond acceptors (Lipinski definition) is 1. The largest absolute Gasteiger partial charge is 0.375 e. The molecule has 1 nitrogen and oxygen atoms in total. The first-order valence-electron chi connectivity index (χ1n) is 12.4. The average molecular weight is 363 g/mol. The van der Waals surface area contributed by atoms with Gasteiger partial charge in [0.2, 0.25) is 0 Å². The van der Waals surface area contributed by atoms with Crippen LogP contribution in [0.25, 0.3) is 0 Å². The summed E-state index contributed by atoms with van der Waals surface area (Å²) in [4.78, 5) is 0. The fraction of sp³-hybridized carbons (Fsp3) is 1.00. The average Bonchev–Trinajstić information content (AvgIpc) is 2.66. The molecule has 0 radical (unpaired) electrons. The fourth-order valence-corrected chi connectivity index (χ4v) is 6.81. The molecule has 0 saturated heterocycles. The molecule has 1 heteroatoms. The molecule has 26 heavy (non-hydrogen) atoms. The Morgan fingerprint density at radius 1 is 0.769 bits per heavy atom. The van der Waals surface area contributed by atoms with E-state index in [4.69, 9.17) is 4.74 Å². The Balaban J connectivity index is 1.44. The number of hydrogen-bond donors (Lipinski definition) is 0. The zero-order valence-electron chi connectivity index (χ0n) is 18.1. The van der Waals surface area contributed by atoms with E-state index < -0.39 is 0 Å². The number of fused-ring (bicyclic) bond motifs is 3. The van der Waals surface area contributed by atoms with Crippen LogP contribution in [0, 0.1) is 29.6 Å². The zero-order chi connectivity index (χ0) is 18.4. The van der Waals surface area contributed by atoms with Gasteiger partial charge in [-0.2, -0.15) is 0 Å². The normalized spacial score (nSPS) is 38.4. The molecular weight excluding hydrogens is 316 g/mol. The standard InChI is InChI=1S/C25H46O/c1-4-6-8-9-19(3)26-23-14-16-25-22(18-23)13-12-21-17-20(10-7-5-2)11-15-24(21)25/h19-25H,4-18H2,1-3H3. The predicted molar refractivity (Wildman–Crippen MR) is 112 cm³/mol. The van der Waals surface area contributed by atoms with Crippen LogP contribution in [0.2, 0.25) is 0 Å². The van der Waals surface area contributed by atoms with Crippen LogP contribution >= 0.6 is 0 Å². The monoisotopic (exact) mass is 362 g/mol. The molecule has 0 aromatic heterocycles. The number of ether oxygens (including phenoxy) is 1. The van der Waals surface area contributed by atoms with E-state index in [9.17, 15) is 0 Å². The van der Waals surface area contributed by atoms with E-state index in [2.05, 4.69) is 20.8 Å². The van der Waals surface area contributed by atoms with Gasteiger partial charge in [-0.1, -0.05) is 58.8 Å². The van der Waals surface area contributed by atoms with Crippen molar-refractivity contribution in [3.63, 3.8) is 0 Å². The molecule has 0 bridgehead atoms. The summed E-state index contributed by atoms with van der Waals surface area (Å²) in [6.07, 6.45) is 22.6. The Labute approximate surface area is 164 Å². The molecule has 0 heterocycles. The topological polar surface area (TPSA) is 9.23 Å². The van der Waals surface area contributed by atoms with E-state index in [0.717, 1.165) is 29.6 Å². The minimum Gasteiger partial charge on any atom is -0.375 e. The Kier molecular flexibility index (Phi) is 8.35. The van der Waals surface area contributed by atoms with Crippen LogP contribution < -0.4 is 0 Å². The van der Waals surface area contributed by atoms with Gasteiger partial charge in [0.15, 0.2) is 0 Å². The lowest BCUT2D eigenvalue weighted by Crippen LogP contribution is -2.43. The maximum atomic E-state index is 6.48. The van der Waals surface area contributed by atoms with Gasteiger partial charge < -0.3 is 4.74 Å². The van der Waals surface area contributed by atoms with Crippen LogP contribution in [0.1, 0.15) is 117 Å². The molecule has 0 spiro atoms. The van der Waals surface area contributed by atoms with Crippen molar-refractivity contribution in [2.75, 3.05) is 0 Å². The van der Waals surface area contributed by atoms with Crippen molar-refractivity contribution in [3.05, 3.63) is 0 Å². The van der Waals surface area contributed by atoms with Crippen LogP contribution in [-0.4, -0.2) is 12.2 Å². The van der Waals surface area contributed by atoms with Gasteiger partial charge in [-0.3, -0.25) is 0 Å². The molecule has 0 aromatic carbocycles. The maximum absolute atomic E-state index is 6.48. The van der Waals surface area contributed by atoms with Crippen molar-refractivity contribution in [1.29, 1.82) is 0 Å². The molecule has 7 unspecified atom stereocenters. The van der Waals surface area contributed by atoms with Gasteiger partial charge in [0.05, 0.1) is 12.2 Å². The summed E-state index contributed by atoms with van der Waals surface area (Å²) in [6, 6.07) is 0. The van der Waals surface area contributed by atoms with Crippen molar-refractivity contribution < 1.29 is 4.74 Å². The maximum Gasteiger partial charge on any atom is 0.0581 e. The van der Waals surface area contributed by atoms with Crippen molar-refractivity contribution in [3.8, 4) is 0 Å². The minimum atomic E-state index is 0.480. The second-order valence-electron chi connectivity index (χ2n) is 10.1. The zero-order valence-corrected chi connectivity index (χ0v) is 18.1. The highest BCUT2D eigenvalue weighted by Gasteiger charge is 2.44. The van der Waals surface area contributed by atoms with Crippen LogP contribution in [0.4, 0.5) is 0 Å². The second kappa shape index (κ2) is 10.5. The predicted octanol–water partition coefficient (Wildman–Crippen LogP) is 7.77.